The van der Waals surface area contributed by atoms with Crippen molar-refractivity contribution in [3.63, 3.8) is 0 Å². The molecule has 1 aromatic rings. The average Bonchev–Trinajstić information content (AvgIpc) is 2.85. The van der Waals surface area contributed by atoms with E-state index >= 15 is 0 Å². The molecule has 4 nitrogen and oxygen atoms in total. The van der Waals surface area contributed by atoms with Crippen LogP contribution < -0.4 is 5.32 Å². The summed E-state index contributed by atoms with van der Waals surface area (Å²) < 4.78 is 7.86. The summed E-state index contributed by atoms with van der Waals surface area (Å²) in [4.78, 5) is 0. The molecule has 18 heavy (non-hydrogen) atoms. The van der Waals surface area contributed by atoms with E-state index in [9.17, 15) is 0 Å². The van der Waals surface area contributed by atoms with Gasteiger partial charge in [0.15, 0.2) is 0 Å². The van der Waals surface area contributed by atoms with Crippen LogP contribution in [0.1, 0.15) is 33.6 Å². The maximum atomic E-state index is 6.00. The van der Waals surface area contributed by atoms with Crippen LogP contribution >= 0.6 is 11.6 Å². The van der Waals surface area contributed by atoms with Gasteiger partial charge >= 0.3 is 0 Å². The number of rotatable bonds is 4. The zero-order chi connectivity index (χ0) is 13.2. The van der Waals surface area contributed by atoms with Gasteiger partial charge in [0.25, 0.3) is 0 Å². The maximum Gasteiger partial charge on any atom is 0.0785 e. The lowest BCUT2D eigenvalue weighted by Gasteiger charge is -2.23. The van der Waals surface area contributed by atoms with Crippen LogP contribution in [-0.4, -0.2) is 34.1 Å². The highest BCUT2D eigenvalue weighted by Crippen LogP contribution is 2.21. The molecule has 2 atom stereocenters. The Morgan fingerprint density at radius 3 is 2.78 bits per heavy atom. The first kappa shape index (κ1) is 13.8. The number of nitrogens with zero attached hydrogens (tertiary/aromatic N) is 2. The average molecular weight is 272 g/mol. The van der Waals surface area contributed by atoms with E-state index in [0.717, 1.165) is 25.9 Å². The Hall–Kier alpha value is -0.580. The third-order valence-electron chi connectivity index (χ3n) is 3.05. The molecule has 0 spiro atoms. The molecule has 5 heteroatoms. The molecule has 1 fully saturated rings. The van der Waals surface area contributed by atoms with Crippen molar-refractivity contribution in [1.29, 1.82) is 0 Å². The van der Waals surface area contributed by atoms with E-state index in [1.165, 1.54) is 0 Å². The van der Waals surface area contributed by atoms with Gasteiger partial charge in [0, 0.05) is 18.3 Å². The number of halogens is 1. The van der Waals surface area contributed by atoms with Crippen LogP contribution in [0.25, 0.3) is 0 Å². The highest BCUT2D eigenvalue weighted by atomic mass is 35.5. The van der Waals surface area contributed by atoms with Gasteiger partial charge in [-0.1, -0.05) is 11.6 Å². The van der Waals surface area contributed by atoms with Crippen molar-refractivity contribution in [3.05, 3.63) is 17.4 Å². The third-order valence-corrected chi connectivity index (χ3v) is 3.24. The fourth-order valence-electron chi connectivity index (χ4n) is 2.13. The minimum Gasteiger partial charge on any atom is -0.372 e. The van der Waals surface area contributed by atoms with E-state index in [1.54, 1.807) is 6.20 Å². The smallest absolute Gasteiger partial charge is 0.0785 e. The molecule has 1 aliphatic heterocycles. The second-order valence-corrected chi connectivity index (χ2v) is 6.41. The summed E-state index contributed by atoms with van der Waals surface area (Å²) in [5.41, 5.74) is 0.150. The van der Waals surface area contributed by atoms with Gasteiger partial charge in [-0.05, 0) is 33.6 Å². The third kappa shape index (κ3) is 4.26. The molecule has 0 amide bonds. The standard InChI is InChI=1S/C13H22ClN3O/c1-13(2,3)15-7-11-4-5-12(18-11)9-17-8-10(14)6-16-17/h6,8,11-12,15H,4-5,7,9H2,1-3H3. The number of hydrogen-bond donors (Lipinski definition) is 1. The van der Waals surface area contributed by atoms with Gasteiger partial charge in [-0.2, -0.15) is 5.10 Å². The van der Waals surface area contributed by atoms with Crippen molar-refractivity contribution in [2.45, 2.75) is 57.9 Å². The van der Waals surface area contributed by atoms with E-state index in [0.29, 0.717) is 11.1 Å². The summed E-state index contributed by atoms with van der Waals surface area (Å²) in [7, 11) is 0. The molecule has 1 N–H and O–H groups in total. The van der Waals surface area contributed by atoms with Gasteiger partial charge in [-0.3, -0.25) is 4.68 Å². The zero-order valence-electron chi connectivity index (χ0n) is 11.3. The molecule has 1 aromatic heterocycles. The molecule has 102 valence electrons. The predicted octanol–water partition coefficient (Wildman–Crippen LogP) is 2.47. The first-order valence-electron chi connectivity index (χ1n) is 6.51. The first-order chi connectivity index (χ1) is 8.42. The normalized spacial score (nSPS) is 24.7. The number of hydrogen-bond acceptors (Lipinski definition) is 3. The molecule has 2 rings (SSSR count). The summed E-state index contributed by atoms with van der Waals surface area (Å²) in [6.07, 6.45) is 6.28. The van der Waals surface area contributed by atoms with Gasteiger partial charge in [-0.25, -0.2) is 0 Å². The lowest BCUT2D eigenvalue weighted by Crippen LogP contribution is -2.41. The highest BCUT2D eigenvalue weighted by Gasteiger charge is 2.26. The van der Waals surface area contributed by atoms with E-state index in [2.05, 4.69) is 31.2 Å². The molecule has 2 unspecified atom stereocenters. The van der Waals surface area contributed by atoms with E-state index in [-0.39, 0.29) is 11.6 Å². The van der Waals surface area contributed by atoms with Crippen molar-refractivity contribution in [2.75, 3.05) is 6.54 Å². The van der Waals surface area contributed by atoms with Crippen LogP contribution in [0.4, 0.5) is 0 Å². The summed E-state index contributed by atoms with van der Waals surface area (Å²) >= 11 is 5.84. The quantitative estimate of drug-likeness (QED) is 0.914. The second-order valence-electron chi connectivity index (χ2n) is 5.97. The Labute approximate surface area is 114 Å². The van der Waals surface area contributed by atoms with E-state index in [1.807, 2.05) is 10.9 Å². The molecule has 1 saturated heterocycles. The fraction of sp³-hybridized carbons (Fsp3) is 0.769. The Morgan fingerprint density at radius 2 is 2.17 bits per heavy atom. The van der Waals surface area contributed by atoms with Crippen LogP contribution in [0.2, 0.25) is 5.02 Å². The predicted molar refractivity (Wildman–Crippen MR) is 72.9 cm³/mol. The van der Waals surface area contributed by atoms with Crippen molar-refractivity contribution in [2.24, 2.45) is 0 Å². The zero-order valence-corrected chi connectivity index (χ0v) is 12.1. The molecule has 0 aliphatic carbocycles. The summed E-state index contributed by atoms with van der Waals surface area (Å²) in [6, 6.07) is 0. The minimum atomic E-state index is 0.150. The molecule has 1 aliphatic rings. The molecule has 0 bridgehead atoms. The molecule has 2 heterocycles. The maximum absolute atomic E-state index is 6.00. The Morgan fingerprint density at radius 1 is 1.44 bits per heavy atom. The van der Waals surface area contributed by atoms with Crippen LogP contribution in [0, 0.1) is 0 Å². The largest absolute Gasteiger partial charge is 0.372 e. The highest BCUT2D eigenvalue weighted by molar-refractivity contribution is 6.30. The van der Waals surface area contributed by atoms with Gasteiger partial charge < -0.3 is 10.1 Å². The fourth-order valence-corrected chi connectivity index (χ4v) is 2.29. The van der Waals surface area contributed by atoms with E-state index < -0.39 is 0 Å². The first-order valence-corrected chi connectivity index (χ1v) is 6.88. The molecule has 0 aromatic carbocycles. The van der Waals surface area contributed by atoms with Crippen molar-refractivity contribution in [1.82, 2.24) is 15.1 Å². The van der Waals surface area contributed by atoms with Crippen LogP contribution in [0.15, 0.2) is 12.4 Å². The van der Waals surface area contributed by atoms with Crippen molar-refractivity contribution >= 4 is 11.6 Å². The molecule has 0 saturated carbocycles. The SMILES string of the molecule is CC(C)(C)NCC1CCC(Cn2cc(Cl)cn2)O1. The Bertz CT molecular complexity index is 386. The van der Waals surface area contributed by atoms with Gasteiger partial charge in [0.2, 0.25) is 0 Å². The number of ether oxygens (including phenoxy) is 1. The van der Waals surface area contributed by atoms with Crippen molar-refractivity contribution < 1.29 is 4.74 Å². The molecular formula is C13H22ClN3O. The van der Waals surface area contributed by atoms with Crippen LogP contribution in [0.3, 0.4) is 0 Å². The molecule has 0 radical (unpaired) electrons. The second kappa shape index (κ2) is 5.59. The van der Waals surface area contributed by atoms with Gasteiger partial charge in [-0.15, -0.1) is 0 Å². The number of aromatic nitrogens is 2. The van der Waals surface area contributed by atoms with Crippen molar-refractivity contribution in [3.8, 4) is 0 Å². The minimum absolute atomic E-state index is 0.150. The molecular weight excluding hydrogens is 250 g/mol. The summed E-state index contributed by atoms with van der Waals surface area (Å²) in [6.45, 7) is 8.22. The van der Waals surface area contributed by atoms with Crippen LogP contribution in [-0.2, 0) is 11.3 Å². The lowest BCUT2D eigenvalue weighted by molar-refractivity contribution is 0.0312. The summed E-state index contributed by atoms with van der Waals surface area (Å²) in [5, 5.41) is 8.34. The summed E-state index contributed by atoms with van der Waals surface area (Å²) in [5.74, 6) is 0. The lowest BCUT2D eigenvalue weighted by atomic mass is 10.1. The Kier molecular flexibility index (Phi) is 4.30. The van der Waals surface area contributed by atoms with Gasteiger partial charge in [0.1, 0.15) is 0 Å². The Balaban J connectivity index is 1.75. The topological polar surface area (TPSA) is 39.1 Å². The monoisotopic (exact) mass is 271 g/mol. The van der Waals surface area contributed by atoms with Gasteiger partial charge in [0.05, 0.1) is 30.0 Å². The number of nitrogens with one attached hydrogen (secondary N) is 1. The van der Waals surface area contributed by atoms with E-state index in [4.69, 9.17) is 16.3 Å². The van der Waals surface area contributed by atoms with Crippen LogP contribution in [0.5, 0.6) is 0 Å².